The minimum Gasteiger partial charge on any atom is -0.454 e. The van der Waals surface area contributed by atoms with Crippen molar-refractivity contribution in [2.75, 3.05) is 13.4 Å². The lowest BCUT2D eigenvalue weighted by Gasteiger charge is -2.12. The lowest BCUT2D eigenvalue weighted by molar-refractivity contribution is 0.0903. The molecule has 3 rings (SSSR count). The molecular weight excluding hydrogens is 262 g/mol. The van der Waals surface area contributed by atoms with E-state index in [1.165, 1.54) is 0 Å². The SMILES string of the molecule is O=C(N[C@H]1C[C@@H](CO)[C@H](O)C1)c1ccc2c(c1)OCO2. The quantitative estimate of drug-likeness (QED) is 0.739. The van der Waals surface area contributed by atoms with Gasteiger partial charge < -0.3 is 25.0 Å². The van der Waals surface area contributed by atoms with Crippen LogP contribution in [-0.4, -0.2) is 41.7 Å². The Morgan fingerprint density at radius 2 is 2.10 bits per heavy atom. The number of carbonyl (C=O) groups excluding carboxylic acids is 1. The summed E-state index contributed by atoms with van der Waals surface area (Å²) >= 11 is 0. The number of nitrogens with one attached hydrogen (secondary N) is 1. The van der Waals surface area contributed by atoms with Crippen LogP contribution in [0.15, 0.2) is 18.2 Å². The van der Waals surface area contributed by atoms with Crippen LogP contribution in [0.4, 0.5) is 0 Å². The van der Waals surface area contributed by atoms with Gasteiger partial charge in [-0.1, -0.05) is 0 Å². The second-order valence-corrected chi connectivity index (χ2v) is 5.22. The highest BCUT2D eigenvalue weighted by Crippen LogP contribution is 2.32. The van der Waals surface area contributed by atoms with E-state index in [-0.39, 0.29) is 31.3 Å². The van der Waals surface area contributed by atoms with E-state index in [9.17, 15) is 9.90 Å². The van der Waals surface area contributed by atoms with Crippen LogP contribution >= 0.6 is 0 Å². The molecule has 1 heterocycles. The molecule has 1 fully saturated rings. The van der Waals surface area contributed by atoms with Crippen LogP contribution in [0, 0.1) is 5.92 Å². The maximum atomic E-state index is 12.2. The van der Waals surface area contributed by atoms with Gasteiger partial charge in [0.2, 0.25) is 6.79 Å². The van der Waals surface area contributed by atoms with Crippen molar-refractivity contribution in [3.8, 4) is 11.5 Å². The molecule has 2 aliphatic rings. The van der Waals surface area contributed by atoms with Gasteiger partial charge in [0.1, 0.15) is 0 Å². The fraction of sp³-hybridized carbons (Fsp3) is 0.500. The van der Waals surface area contributed by atoms with Crippen molar-refractivity contribution in [3.05, 3.63) is 23.8 Å². The largest absolute Gasteiger partial charge is 0.454 e. The minimum atomic E-state index is -0.554. The number of hydrogen-bond donors (Lipinski definition) is 3. The molecule has 3 atom stereocenters. The predicted molar refractivity (Wildman–Crippen MR) is 69.6 cm³/mol. The maximum absolute atomic E-state index is 12.2. The van der Waals surface area contributed by atoms with Crippen LogP contribution in [0.2, 0.25) is 0 Å². The summed E-state index contributed by atoms with van der Waals surface area (Å²) in [4.78, 5) is 12.2. The van der Waals surface area contributed by atoms with Gasteiger partial charge >= 0.3 is 0 Å². The number of rotatable bonds is 3. The average Bonchev–Trinajstić information content (AvgIpc) is 3.03. The highest BCUT2D eigenvalue weighted by atomic mass is 16.7. The normalized spacial score (nSPS) is 27.6. The Hall–Kier alpha value is -1.79. The number of aliphatic hydroxyl groups excluding tert-OH is 2. The molecule has 0 saturated heterocycles. The number of hydrogen-bond acceptors (Lipinski definition) is 5. The molecule has 1 amide bonds. The molecule has 1 saturated carbocycles. The molecule has 1 aliphatic heterocycles. The predicted octanol–water partition coefficient (Wildman–Crippen LogP) is 0.277. The third kappa shape index (κ3) is 2.44. The molecule has 6 heteroatoms. The first-order valence-corrected chi connectivity index (χ1v) is 6.67. The number of aliphatic hydroxyl groups is 2. The molecule has 3 N–H and O–H groups in total. The van der Waals surface area contributed by atoms with Crippen molar-refractivity contribution >= 4 is 5.91 Å². The highest BCUT2D eigenvalue weighted by molar-refractivity contribution is 5.95. The molecule has 0 spiro atoms. The number of amides is 1. The van der Waals surface area contributed by atoms with E-state index in [1.54, 1.807) is 18.2 Å². The van der Waals surface area contributed by atoms with Gasteiger partial charge in [0.05, 0.1) is 6.10 Å². The fourth-order valence-corrected chi connectivity index (χ4v) is 2.72. The summed E-state index contributed by atoms with van der Waals surface area (Å²) in [6, 6.07) is 4.92. The molecule has 0 aromatic heterocycles. The van der Waals surface area contributed by atoms with Crippen molar-refractivity contribution in [2.24, 2.45) is 5.92 Å². The Morgan fingerprint density at radius 3 is 2.85 bits per heavy atom. The monoisotopic (exact) mass is 279 g/mol. The van der Waals surface area contributed by atoms with E-state index in [2.05, 4.69) is 5.32 Å². The summed E-state index contributed by atoms with van der Waals surface area (Å²) in [6.45, 7) is 0.116. The van der Waals surface area contributed by atoms with E-state index >= 15 is 0 Å². The smallest absolute Gasteiger partial charge is 0.251 e. The van der Waals surface area contributed by atoms with Crippen molar-refractivity contribution in [1.29, 1.82) is 0 Å². The van der Waals surface area contributed by atoms with E-state index < -0.39 is 6.10 Å². The van der Waals surface area contributed by atoms with Crippen molar-refractivity contribution in [1.82, 2.24) is 5.32 Å². The van der Waals surface area contributed by atoms with Crippen LogP contribution in [0.25, 0.3) is 0 Å². The maximum Gasteiger partial charge on any atom is 0.251 e. The summed E-state index contributed by atoms with van der Waals surface area (Å²) in [5.74, 6) is 0.840. The zero-order valence-corrected chi connectivity index (χ0v) is 10.9. The molecule has 1 aliphatic carbocycles. The Bertz CT molecular complexity index is 518. The van der Waals surface area contributed by atoms with Crippen molar-refractivity contribution in [2.45, 2.75) is 25.0 Å². The third-order valence-electron chi connectivity index (χ3n) is 3.86. The number of carbonyl (C=O) groups is 1. The zero-order valence-electron chi connectivity index (χ0n) is 10.9. The summed E-state index contributed by atoms with van der Waals surface area (Å²) in [5.41, 5.74) is 0.496. The van der Waals surface area contributed by atoms with Gasteiger partial charge in [-0.25, -0.2) is 0 Å². The van der Waals surface area contributed by atoms with Crippen LogP contribution in [0.5, 0.6) is 11.5 Å². The van der Waals surface area contributed by atoms with Crippen LogP contribution in [-0.2, 0) is 0 Å². The Balaban J connectivity index is 1.65. The van der Waals surface area contributed by atoms with Gasteiger partial charge in [-0.15, -0.1) is 0 Å². The molecule has 108 valence electrons. The summed E-state index contributed by atoms with van der Waals surface area (Å²) < 4.78 is 10.4. The van der Waals surface area contributed by atoms with Crippen molar-refractivity contribution in [3.63, 3.8) is 0 Å². The van der Waals surface area contributed by atoms with E-state index in [0.29, 0.717) is 29.9 Å². The number of fused-ring (bicyclic) bond motifs is 1. The lowest BCUT2D eigenvalue weighted by atomic mass is 10.1. The first kappa shape index (κ1) is 13.2. The lowest BCUT2D eigenvalue weighted by Crippen LogP contribution is -2.33. The van der Waals surface area contributed by atoms with Gasteiger partial charge in [-0.05, 0) is 31.0 Å². The highest BCUT2D eigenvalue weighted by Gasteiger charge is 2.33. The third-order valence-corrected chi connectivity index (χ3v) is 3.86. The fourth-order valence-electron chi connectivity index (χ4n) is 2.72. The van der Waals surface area contributed by atoms with Gasteiger partial charge in [0.25, 0.3) is 5.91 Å². The molecule has 20 heavy (non-hydrogen) atoms. The molecule has 0 unspecified atom stereocenters. The van der Waals surface area contributed by atoms with Crippen LogP contribution < -0.4 is 14.8 Å². The van der Waals surface area contributed by atoms with Gasteiger partial charge in [0, 0.05) is 24.1 Å². The number of benzene rings is 1. The van der Waals surface area contributed by atoms with Crippen molar-refractivity contribution < 1.29 is 24.5 Å². The Kier molecular flexibility index (Phi) is 3.50. The molecule has 1 aromatic carbocycles. The zero-order chi connectivity index (χ0) is 14.1. The molecular formula is C14H17NO5. The Labute approximate surface area is 116 Å². The molecule has 6 nitrogen and oxygen atoms in total. The molecule has 0 bridgehead atoms. The molecule has 0 radical (unpaired) electrons. The second kappa shape index (κ2) is 5.30. The van der Waals surface area contributed by atoms with Crippen LogP contribution in [0.3, 0.4) is 0 Å². The topological polar surface area (TPSA) is 88.0 Å². The summed E-state index contributed by atoms with van der Waals surface area (Å²) in [7, 11) is 0. The van der Waals surface area contributed by atoms with E-state index in [4.69, 9.17) is 14.6 Å². The summed E-state index contributed by atoms with van der Waals surface area (Å²) in [5, 5.41) is 21.7. The Morgan fingerprint density at radius 1 is 1.30 bits per heavy atom. The molecule has 1 aromatic rings. The average molecular weight is 279 g/mol. The van der Waals surface area contributed by atoms with E-state index in [0.717, 1.165) is 0 Å². The first-order valence-electron chi connectivity index (χ1n) is 6.67. The first-order chi connectivity index (χ1) is 9.67. The van der Waals surface area contributed by atoms with Gasteiger partial charge in [-0.2, -0.15) is 0 Å². The minimum absolute atomic E-state index is 0.0580. The van der Waals surface area contributed by atoms with Gasteiger partial charge in [0.15, 0.2) is 11.5 Å². The summed E-state index contributed by atoms with van der Waals surface area (Å²) in [6.07, 6.45) is 0.511. The van der Waals surface area contributed by atoms with Gasteiger partial charge in [-0.3, -0.25) is 4.79 Å². The van der Waals surface area contributed by atoms with Crippen LogP contribution in [0.1, 0.15) is 23.2 Å². The number of ether oxygens (including phenoxy) is 2. The van der Waals surface area contributed by atoms with E-state index in [1.807, 2.05) is 0 Å². The second-order valence-electron chi connectivity index (χ2n) is 5.22. The standard InChI is InChI=1S/C14H17NO5/c16-6-9-3-10(5-11(9)17)15-14(18)8-1-2-12-13(4-8)20-7-19-12/h1-2,4,9-11,16-17H,3,5-7H2,(H,15,18)/t9-,10-,11+/m0/s1.